The molecule has 0 saturated carbocycles. The first-order valence-corrected chi connectivity index (χ1v) is 9.96. The van der Waals surface area contributed by atoms with Gasteiger partial charge < -0.3 is 0 Å². The molecular formula is C26H30N4. The maximum atomic E-state index is 3.98. The second kappa shape index (κ2) is 17.4. The predicted molar refractivity (Wildman–Crippen MR) is 126 cm³/mol. The molecule has 4 heterocycles. The van der Waals surface area contributed by atoms with Crippen LogP contribution in [0.2, 0.25) is 0 Å². The molecule has 4 aromatic rings. The van der Waals surface area contributed by atoms with E-state index in [1.165, 1.54) is 11.1 Å². The zero-order valence-electron chi connectivity index (χ0n) is 17.8. The quantitative estimate of drug-likeness (QED) is 0.419. The zero-order chi connectivity index (χ0) is 21.7. The highest BCUT2D eigenvalue weighted by Crippen LogP contribution is 1.95. The van der Waals surface area contributed by atoms with Crippen LogP contribution in [0.5, 0.6) is 0 Å². The van der Waals surface area contributed by atoms with Gasteiger partial charge in [0.05, 0.1) is 5.69 Å². The van der Waals surface area contributed by atoms with Crippen LogP contribution in [0.15, 0.2) is 111 Å². The molecule has 30 heavy (non-hydrogen) atoms. The van der Waals surface area contributed by atoms with Crippen molar-refractivity contribution in [2.75, 3.05) is 0 Å². The Labute approximate surface area is 180 Å². The van der Waals surface area contributed by atoms with Gasteiger partial charge >= 0.3 is 0 Å². The fourth-order valence-electron chi connectivity index (χ4n) is 2.04. The molecule has 4 aromatic heterocycles. The minimum Gasteiger partial charge on any atom is -0.265 e. The molecule has 4 rings (SSSR count). The van der Waals surface area contributed by atoms with Gasteiger partial charge in [0.1, 0.15) is 0 Å². The molecule has 4 nitrogen and oxygen atoms in total. The van der Waals surface area contributed by atoms with E-state index in [4.69, 9.17) is 0 Å². The lowest BCUT2D eigenvalue weighted by molar-refractivity contribution is 1.10. The molecule has 0 aliphatic rings. The van der Waals surface area contributed by atoms with Gasteiger partial charge in [-0.2, -0.15) is 0 Å². The second-order valence-electron chi connectivity index (χ2n) is 5.91. The van der Waals surface area contributed by atoms with E-state index < -0.39 is 0 Å². The van der Waals surface area contributed by atoms with E-state index in [1.54, 1.807) is 30.9 Å². The molecule has 0 radical (unpaired) electrons. The van der Waals surface area contributed by atoms with Crippen molar-refractivity contribution in [1.29, 1.82) is 0 Å². The summed E-state index contributed by atoms with van der Waals surface area (Å²) in [6, 6.07) is 19.5. The second-order valence-corrected chi connectivity index (χ2v) is 5.91. The molecule has 0 amide bonds. The lowest BCUT2D eigenvalue weighted by Crippen LogP contribution is -1.77. The van der Waals surface area contributed by atoms with Crippen LogP contribution >= 0.6 is 0 Å². The first-order chi connectivity index (χ1) is 14.8. The van der Waals surface area contributed by atoms with E-state index in [-0.39, 0.29) is 0 Å². The molecular weight excluding hydrogens is 368 g/mol. The van der Waals surface area contributed by atoms with Crippen molar-refractivity contribution in [3.8, 4) is 0 Å². The van der Waals surface area contributed by atoms with E-state index in [1.807, 2.05) is 73.2 Å². The van der Waals surface area contributed by atoms with Crippen LogP contribution in [0.3, 0.4) is 0 Å². The van der Waals surface area contributed by atoms with Gasteiger partial charge in [0, 0.05) is 43.4 Å². The molecule has 154 valence electrons. The highest BCUT2D eigenvalue weighted by atomic mass is 14.6. The van der Waals surface area contributed by atoms with Crippen molar-refractivity contribution < 1.29 is 0 Å². The Balaban J connectivity index is 0.000000201. The van der Waals surface area contributed by atoms with Crippen molar-refractivity contribution in [1.82, 2.24) is 19.9 Å². The molecule has 0 atom stereocenters. The molecule has 0 bridgehead atoms. The van der Waals surface area contributed by atoms with Crippen molar-refractivity contribution in [3.63, 3.8) is 0 Å². The highest BCUT2D eigenvalue weighted by molar-refractivity contribution is 5.40. The Bertz CT molecular complexity index is 801. The van der Waals surface area contributed by atoms with Crippen molar-refractivity contribution in [3.05, 3.63) is 127 Å². The van der Waals surface area contributed by atoms with Crippen LogP contribution in [-0.4, -0.2) is 19.9 Å². The number of aryl methyl sites for hydroxylation is 2. The number of aromatic nitrogens is 4. The lowest BCUT2D eigenvalue weighted by Gasteiger charge is -1.89. The highest BCUT2D eigenvalue weighted by Gasteiger charge is 1.81. The smallest absolute Gasteiger partial charge is 0.0623 e. The SMILES string of the molecule is C=Cc1ccccn1.CCc1cccnc1.CCc1ccncc1.c1ccncc1. The Hall–Kier alpha value is -3.66. The van der Waals surface area contributed by atoms with Crippen LogP contribution in [-0.2, 0) is 12.8 Å². The molecule has 0 aliphatic carbocycles. The van der Waals surface area contributed by atoms with Gasteiger partial charge in [0.2, 0.25) is 0 Å². The first kappa shape index (κ1) is 24.4. The predicted octanol–water partition coefficient (Wildman–Crippen LogP) is 6.09. The van der Waals surface area contributed by atoms with Crippen molar-refractivity contribution in [2.45, 2.75) is 26.7 Å². The monoisotopic (exact) mass is 398 g/mol. The third kappa shape index (κ3) is 12.7. The summed E-state index contributed by atoms with van der Waals surface area (Å²) in [6.07, 6.45) is 16.5. The van der Waals surface area contributed by atoms with E-state index in [0.717, 1.165) is 18.5 Å². The number of hydrogen-bond donors (Lipinski definition) is 0. The Kier molecular flexibility index (Phi) is 14.2. The van der Waals surface area contributed by atoms with Crippen molar-refractivity contribution >= 4 is 6.08 Å². The maximum Gasteiger partial charge on any atom is 0.0623 e. The van der Waals surface area contributed by atoms with Crippen LogP contribution in [0, 0.1) is 0 Å². The minimum absolute atomic E-state index is 0.924. The van der Waals surface area contributed by atoms with Gasteiger partial charge in [-0.05, 0) is 72.5 Å². The summed E-state index contributed by atoms with van der Waals surface area (Å²) in [5, 5.41) is 0. The average molecular weight is 399 g/mol. The molecule has 0 N–H and O–H groups in total. The Morgan fingerprint density at radius 2 is 1.27 bits per heavy atom. The molecule has 0 saturated heterocycles. The normalized spacial score (nSPS) is 8.73. The van der Waals surface area contributed by atoms with Crippen LogP contribution in [0.25, 0.3) is 6.08 Å². The Morgan fingerprint density at radius 3 is 1.60 bits per heavy atom. The zero-order valence-corrected chi connectivity index (χ0v) is 17.8. The van der Waals surface area contributed by atoms with E-state index in [2.05, 4.69) is 46.4 Å². The standard InChI is InChI=1S/2C7H9N.C7H7N.C5H5N/c1-2-7-3-5-8-6-4-7;1-2-7-4-3-5-8-6-7;1-2-7-5-3-4-6-8-7;1-2-4-6-5-3-1/h2*3-6H,2H2,1H3;2-6H,1H2;1-5H. The summed E-state index contributed by atoms with van der Waals surface area (Å²) in [5.41, 5.74) is 3.57. The fourth-order valence-corrected chi connectivity index (χ4v) is 2.04. The molecule has 0 aliphatic heterocycles. The summed E-state index contributed by atoms with van der Waals surface area (Å²) in [6.45, 7) is 7.82. The number of pyridine rings is 4. The van der Waals surface area contributed by atoms with Gasteiger partial charge in [-0.3, -0.25) is 19.9 Å². The van der Waals surface area contributed by atoms with Gasteiger partial charge in [-0.15, -0.1) is 0 Å². The first-order valence-electron chi connectivity index (χ1n) is 9.96. The van der Waals surface area contributed by atoms with E-state index in [9.17, 15) is 0 Å². The third-order valence-electron chi connectivity index (χ3n) is 3.75. The maximum absolute atomic E-state index is 3.98. The van der Waals surface area contributed by atoms with Gasteiger partial charge in [-0.25, -0.2) is 0 Å². The molecule has 0 fully saturated rings. The number of nitrogens with zero attached hydrogens (tertiary/aromatic N) is 4. The number of rotatable bonds is 3. The Morgan fingerprint density at radius 1 is 0.633 bits per heavy atom. The van der Waals surface area contributed by atoms with Crippen LogP contribution in [0.1, 0.15) is 30.7 Å². The molecule has 0 aromatic carbocycles. The van der Waals surface area contributed by atoms with Gasteiger partial charge in [0.15, 0.2) is 0 Å². The third-order valence-corrected chi connectivity index (χ3v) is 3.75. The van der Waals surface area contributed by atoms with Crippen LogP contribution < -0.4 is 0 Å². The molecule has 0 spiro atoms. The average Bonchev–Trinajstić information content (AvgIpc) is 2.87. The van der Waals surface area contributed by atoms with E-state index in [0.29, 0.717) is 0 Å². The van der Waals surface area contributed by atoms with Gasteiger partial charge in [0.25, 0.3) is 0 Å². The van der Waals surface area contributed by atoms with Gasteiger partial charge in [-0.1, -0.05) is 38.6 Å². The topological polar surface area (TPSA) is 51.6 Å². The lowest BCUT2D eigenvalue weighted by atomic mass is 10.2. The summed E-state index contributed by atoms with van der Waals surface area (Å²) in [5.74, 6) is 0. The molecule has 0 unspecified atom stereocenters. The summed E-state index contributed by atoms with van der Waals surface area (Å²) < 4.78 is 0. The van der Waals surface area contributed by atoms with E-state index >= 15 is 0 Å². The molecule has 4 heteroatoms. The van der Waals surface area contributed by atoms with Crippen LogP contribution in [0.4, 0.5) is 0 Å². The fraction of sp³-hybridized carbons (Fsp3) is 0.154. The minimum atomic E-state index is 0.924. The summed E-state index contributed by atoms with van der Waals surface area (Å²) >= 11 is 0. The largest absolute Gasteiger partial charge is 0.265 e. The van der Waals surface area contributed by atoms with Crippen molar-refractivity contribution in [2.24, 2.45) is 0 Å². The summed E-state index contributed by atoms with van der Waals surface area (Å²) in [4.78, 5) is 15.6. The summed E-state index contributed by atoms with van der Waals surface area (Å²) in [7, 11) is 0. The number of hydrogen-bond acceptors (Lipinski definition) is 4.